The van der Waals surface area contributed by atoms with Gasteiger partial charge in [-0.1, -0.05) is 17.7 Å². The fourth-order valence-corrected chi connectivity index (χ4v) is 4.06. The topological polar surface area (TPSA) is 108 Å². The molecule has 8 nitrogen and oxygen atoms in total. The standard InChI is InChI=1S/C23H25N3O5/c1-4-31-17-8-6-14(12-18(17)30-3)22-19-20(15-11-13(2)5-7-16(15)28)24-25-21(19)23(29)26(22)9-10-27/h5-8,11-12,22,27-28H,4,9-10H2,1-3H3,(H,24,25)/t22-/m1/s1. The number of amides is 1. The van der Waals surface area contributed by atoms with Gasteiger partial charge in [0, 0.05) is 17.7 Å². The maximum absolute atomic E-state index is 13.1. The third-order valence-electron chi connectivity index (χ3n) is 5.42. The van der Waals surface area contributed by atoms with Gasteiger partial charge in [0.25, 0.3) is 5.91 Å². The van der Waals surface area contributed by atoms with Crippen LogP contribution in [0.1, 0.15) is 40.1 Å². The van der Waals surface area contributed by atoms with E-state index in [2.05, 4.69) is 10.2 Å². The molecule has 1 amide bonds. The molecule has 0 unspecified atom stereocenters. The number of aliphatic hydroxyl groups excluding tert-OH is 1. The number of phenols is 1. The summed E-state index contributed by atoms with van der Waals surface area (Å²) in [6, 6.07) is 10.3. The molecule has 162 valence electrons. The highest BCUT2D eigenvalue weighted by molar-refractivity contribution is 6.00. The summed E-state index contributed by atoms with van der Waals surface area (Å²) in [7, 11) is 1.56. The number of nitrogens with one attached hydrogen (secondary N) is 1. The number of carbonyl (C=O) groups is 1. The SMILES string of the molecule is CCOc1ccc([C@@H]2c3c(-c4cc(C)ccc4O)n[nH]c3C(=O)N2CCO)cc1OC. The van der Waals surface area contributed by atoms with E-state index in [-0.39, 0.29) is 24.8 Å². The van der Waals surface area contributed by atoms with Gasteiger partial charge >= 0.3 is 0 Å². The van der Waals surface area contributed by atoms with Crippen LogP contribution in [0.5, 0.6) is 17.2 Å². The van der Waals surface area contributed by atoms with Crippen LogP contribution in [0, 0.1) is 6.92 Å². The van der Waals surface area contributed by atoms with Crippen LogP contribution in [-0.4, -0.2) is 58.1 Å². The van der Waals surface area contributed by atoms with E-state index in [1.54, 1.807) is 24.1 Å². The normalized spacial score (nSPS) is 15.3. The fourth-order valence-electron chi connectivity index (χ4n) is 4.06. The van der Waals surface area contributed by atoms with Gasteiger partial charge in [-0.05, 0) is 43.7 Å². The van der Waals surface area contributed by atoms with E-state index in [9.17, 15) is 15.0 Å². The van der Waals surface area contributed by atoms with Crippen LogP contribution in [0.2, 0.25) is 0 Å². The summed E-state index contributed by atoms with van der Waals surface area (Å²) in [5.74, 6) is 0.979. The first kappa shape index (κ1) is 20.7. The van der Waals surface area contributed by atoms with Gasteiger partial charge in [0.1, 0.15) is 17.1 Å². The molecule has 0 bridgehead atoms. The minimum Gasteiger partial charge on any atom is -0.507 e. The molecule has 0 aliphatic carbocycles. The predicted molar refractivity (Wildman–Crippen MR) is 115 cm³/mol. The van der Waals surface area contributed by atoms with Crippen LogP contribution < -0.4 is 9.47 Å². The number of nitrogens with zero attached hydrogens (tertiary/aromatic N) is 2. The number of aliphatic hydroxyl groups is 1. The number of β-amino-alcohol motifs (C(OH)–C–C–N with tert-alkyl or cyclic N) is 1. The fraction of sp³-hybridized carbons (Fsp3) is 0.304. The number of ether oxygens (including phenoxy) is 2. The Kier molecular flexibility index (Phi) is 5.56. The lowest BCUT2D eigenvalue weighted by molar-refractivity contribution is 0.0706. The molecule has 0 saturated carbocycles. The number of aromatic hydroxyl groups is 1. The highest BCUT2D eigenvalue weighted by Gasteiger charge is 2.42. The van der Waals surface area contributed by atoms with Crippen molar-refractivity contribution in [2.75, 3.05) is 26.9 Å². The minimum atomic E-state index is -0.507. The molecule has 1 aliphatic rings. The molecule has 0 spiro atoms. The van der Waals surface area contributed by atoms with Gasteiger partial charge in [0.15, 0.2) is 11.5 Å². The van der Waals surface area contributed by atoms with E-state index in [1.165, 1.54) is 0 Å². The first-order chi connectivity index (χ1) is 15.0. The Labute approximate surface area is 180 Å². The Morgan fingerprint density at radius 2 is 2.00 bits per heavy atom. The number of fused-ring (bicyclic) bond motifs is 1. The Morgan fingerprint density at radius 3 is 2.71 bits per heavy atom. The number of aromatic amines is 1. The molecular weight excluding hydrogens is 398 g/mol. The zero-order valence-corrected chi connectivity index (χ0v) is 17.7. The summed E-state index contributed by atoms with van der Waals surface area (Å²) >= 11 is 0. The molecule has 0 radical (unpaired) electrons. The Hall–Kier alpha value is -3.52. The van der Waals surface area contributed by atoms with E-state index < -0.39 is 6.04 Å². The lowest BCUT2D eigenvalue weighted by atomic mass is 9.95. The maximum Gasteiger partial charge on any atom is 0.273 e. The lowest BCUT2D eigenvalue weighted by Gasteiger charge is -2.26. The molecule has 31 heavy (non-hydrogen) atoms. The van der Waals surface area contributed by atoms with Crippen molar-refractivity contribution in [2.45, 2.75) is 19.9 Å². The molecule has 1 aromatic heterocycles. The molecule has 1 atom stereocenters. The van der Waals surface area contributed by atoms with Crippen molar-refractivity contribution >= 4 is 5.91 Å². The van der Waals surface area contributed by atoms with Crippen LogP contribution in [0.4, 0.5) is 0 Å². The molecule has 3 aromatic rings. The second-order valence-corrected chi connectivity index (χ2v) is 7.35. The van der Waals surface area contributed by atoms with Crippen LogP contribution in [0.15, 0.2) is 36.4 Å². The van der Waals surface area contributed by atoms with Crippen LogP contribution >= 0.6 is 0 Å². The van der Waals surface area contributed by atoms with Gasteiger partial charge in [0.2, 0.25) is 0 Å². The van der Waals surface area contributed by atoms with Gasteiger partial charge in [-0.2, -0.15) is 5.10 Å². The molecule has 2 heterocycles. The van der Waals surface area contributed by atoms with E-state index >= 15 is 0 Å². The summed E-state index contributed by atoms with van der Waals surface area (Å²) in [4.78, 5) is 14.7. The predicted octanol–water partition coefficient (Wildman–Crippen LogP) is 3.04. The molecule has 0 fully saturated rings. The van der Waals surface area contributed by atoms with Gasteiger partial charge in [-0.3, -0.25) is 9.89 Å². The molecule has 4 rings (SSSR count). The average molecular weight is 423 g/mol. The smallest absolute Gasteiger partial charge is 0.273 e. The van der Waals surface area contributed by atoms with Gasteiger partial charge in [-0.25, -0.2) is 0 Å². The molecule has 2 aromatic carbocycles. The summed E-state index contributed by atoms with van der Waals surface area (Å²) < 4.78 is 11.1. The number of methoxy groups -OCH3 is 1. The minimum absolute atomic E-state index is 0.0796. The maximum atomic E-state index is 13.1. The van der Waals surface area contributed by atoms with Gasteiger partial charge < -0.3 is 24.6 Å². The quantitative estimate of drug-likeness (QED) is 0.539. The molecule has 1 aliphatic heterocycles. The highest BCUT2D eigenvalue weighted by Crippen LogP contribution is 2.45. The van der Waals surface area contributed by atoms with Crippen molar-refractivity contribution in [3.05, 3.63) is 58.8 Å². The zero-order valence-electron chi connectivity index (χ0n) is 17.7. The number of benzene rings is 2. The molecule has 3 N–H and O–H groups in total. The Balaban J connectivity index is 1.90. The van der Waals surface area contributed by atoms with Gasteiger partial charge in [0.05, 0.1) is 26.4 Å². The van der Waals surface area contributed by atoms with Crippen LogP contribution in [-0.2, 0) is 0 Å². The third kappa shape index (κ3) is 3.48. The number of hydrogen-bond donors (Lipinski definition) is 3. The van der Waals surface area contributed by atoms with Crippen LogP contribution in [0.25, 0.3) is 11.3 Å². The van der Waals surface area contributed by atoms with Gasteiger partial charge in [-0.15, -0.1) is 0 Å². The van der Waals surface area contributed by atoms with Crippen molar-refractivity contribution in [3.63, 3.8) is 0 Å². The third-order valence-corrected chi connectivity index (χ3v) is 5.42. The van der Waals surface area contributed by atoms with Crippen molar-refractivity contribution in [2.24, 2.45) is 0 Å². The number of aryl methyl sites for hydroxylation is 1. The van der Waals surface area contributed by atoms with Crippen LogP contribution in [0.3, 0.4) is 0 Å². The Bertz CT molecular complexity index is 1120. The highest BCUT2D eigenvalue weighted by atomic mass is 16.5. The Morgan fingerprint density at radius 1 is 1.19 bits per heavy atom. The number of H-pyrrole nitrogens is 1. The number of aromatic nitrogens is 2. The second kappa shape index (κ2) is 8.31. The van der Waals surface area contributed by atoms with E-state index in [4.69, 9.17) is 9.47 Å². The van der Waals surface area contributed by atoms with E-state index in [0.717, 1.165) is 11.1 Å². The number of phenolic OH excluding ortho intramolecular Hbond substituents is 1. The van der Waals surface area contributed by atoms with Crippen molar-refractivity contribution in [3.8, 4) is 28.5 Å². The van der Waals surface area contributed by atoms with Crippen molar-refractivity contribution < 1.29 is 24.5 Å². The second-order valence-electron chi connectivity index (χ2n) is 7.35. The number of hydrogen-bond acceptors (Lipinski definition) is 6. The number of carbonyl (C=O) groups excluding carboxylic acids is 1. The van der Waals surface area contributed by atoms with Crippen molar-refractivity contribution in [1.29, 1.82) is 0 Å². The van der Waals surface area contributed by atoms with E-state index in [0.29, 0.717) is 40.6 Å². The first-order valence-corrected chi connectivity index (χ1v) is 10.1. The average Bonchev–Trinajstić information content (AvgIpc) is 3.30. The van der Waals surface area contributed by atoms with Crippen molar-refractivity contribution in [1.82, 2.24) is 15.1 Å². The summed E-state index contributed by atoms with van der Waals surface area (Å²) in [5.41, 5.74) is 3.80. The molecular formula is C23H25N3O5. The lowest BCUT2D eigenvalue weighted by Crippen LogP contribution is -2.32. The summed E-state index contributed by atoms with van der Waals surface area (Å²) in [5, 5.41) is 27.3. The molecule has 0 saturated heterocycles. The number of rotatable bonds is 7. The van der Waals surface area contributed by atoms with E-state index in [1.807, 2.05) is 38.1 Å². The zero-order chi connectivity index (χ0) is 22.1. The first-order valence-electron chi connectivity index (χ1n) is 10.1. The summed E-state index contributed by atoms with van der Waals surface area (Å²) in [6.07, 6.45) is 0. The largest absolute Gasteiger partial charge is 0.507 e. The molecule has 8 heteroatoms. The monoisotopic (exact) mass is 423 g/mol. The summed E-state index contributed by atoms with van der Waals surface area (Å²) in [6.45, 7) is 4.29.